The zero-order chi connectivity index (χ0) is 18.5. The Morgan fingerprint density at radius 2 is 2.04 bits per heavy atom. The minimum Gasteiger partial charge on any atom is -0.459 e. The Kier molecular flexibility index (Phi) is 4.56. The number of aliphatic hydroxyl groups excluding tert-OH is 1. The minimum atomic E-state index is -0.748. The van der Waals surface area contributed by atoms with Crippen LogP contribution in [0.15, 0.2) is 23.0 Å². The summed E-state index contributed by atoms with van der Waals surface area (Å²) in [4.78, 5) is 24.1. The first-order valence-corrected chi connectivity index (χ1v) is 9.18. The van der Waals surface area contributed by atoms with E-state index in [1.807, 2.05) is 13.8 Å². The predicted molar refractivity (Wildman–Crippen MR) is 92.2 cm³/mol. The first-order valence-electron chi connectivity index (χ1n) is 9.18. The van der Waals surface area contributed by atoms with Gasteiger partial charge in [-0.1, -0.05) is 19.9 Å². The number of allylic oxidation sites excluding steroid dienone is 2. The Balaban J connectivity index is 1.87. The van der Waals surface area contributed by atoms with Gasteiger partial charge in [-0.3, -0.25) is 4.79 Å². The van der Waals surface area contributed by atoms with Gasteiger partial charge in [-0.05, 0) is 39.5 Å². The van der Waals surface area contributed by atoms with E-state index in [0.29, 0.717) is 17.8 Å². The van der Waals surface area contributed by atoms with Crippen LogP contribution >= 0.6 is 0 Å². The molecule has 0 spiro atoms. The quantitative estimate of drug-likeness (QED) is 0.613. The lowest BCUT2D eigenvalue weighted by atomic mass is 9.53. The molecule has 0 saturated heterocycles. The number of rotatable bonds is 2. The highest BCUT2D eigenvalue weighted by Crippen LogP contribution is 2.57. The Morgan fingerprint density at radius 1 is 1.36 bits per heavy atom. The van der Waals surface area contributed by atoms with E-state index >= 15 is 0 Å². The fourth-order valence-corrected chi connectivity index (χ4v) is 4.75. The summed E-state index contributed by atoms with van der Waals surface area (Å²) in [6.45, 7) is 9.46. The van der Waals surface area contributed by atoms with E-state index < -0.39 is 17.4 Å². The van der Waals surface area contributed by atoms with Crippen molar-refractivity contribution in [2.24, 2.45) is 23.2 Å². The number of aliphatic hydroxyl groups is 1. The SMILES string of the molecule is C/C=C(/C)C(=O)O[C@H]1CC[C@@H]2CC3=C([C@@H](C)C(=O)O3)[C@@H](O)[C@]2(C)[C@H]1C. The second kappa shape index (κ2) is 6.27. The summed E-state index contributed by atoms with van der Waals surface area (Å²) in [5.41, 5.74) is 0.887. The van der Waals surface area contributed by atoms with Crippen molar-refractivity contribution in [1.82, 2.24) is 0 Å². The number of carbonyl (C=O) groups excluding carboxylic acids is 2. The van der Waals surface area contributed by atoms with E-state index in [4.69, 9.17) is 9.47 Å². The van der Waals surface area contributed by atoms with E-state index in [1.165, 1.54) is 0 Å². The average Bonchev–Trinajstić information content (AvgIpc) is 2.86. The van der Waals surface area contributed by atoms with Gasteiger partial charge < -0.3 is 14.6 Å². The van der Waals surface area contributed by atoms with Gasteiger partial charge in [-0.15, -0.1) is 0 Å². The van der Waals surface area contributed by atoms with Gasteiger partial charge in [0.25, 0.3) is 0 Å². The standard InChI is InChI=1S/C20H28O5/c1-6-10(2)18(22)24-14-8-7-13-9-15-16(11(3)19(23)25-15)17(21)20(13,5)12(14)4/h6,11-14,17,21H,7-9H2,1-5H3/b10-6-/t11-,12+,13-,14+,17-,20-/m1/s1. The lowest BCUT2D eigenvalue weighted by Gasteiger charge is -2.54. The summed E-state index contributed by atoms with van der Waals surface area (Å²) in [5.74, 6) is -0.0908. The third-order valence-electron chi connectivity index (χ3n) is 6.91. The van der Waals surface area contributed by atoms with Gasteiger partial charge in [0.1, 0.15) is 11.9 Å². The van der Waals surface area contributed by atoms with Crippen molar-refractivity contribution in [2.75, 3.05) is 0 Å². The number of carbonyl (C=O) groups is 2. The molecule has 0 bridgehead atoms. The van der Waals surface area contributed by atoms with Crippen LogP contribution in [0.2, 0.25) is 0 Å². The van der Waals surface area contributed by atoms with Gasteiger partial charge >= 0.3 is 11.9 Å². The zero-order valence-electron chi connectivity index (χ0n) is 15.7. The highest BCUT2D eigenvalue weighted by Gasteiger charge is 2.58. The molecular formula is C20H28O5. The fraction of sp³-hybridized carbons (Fsp3) is 0.700. The second-order valence-electron chi connectivity index (χ2n) is 7.97. The molecule has 1 N–H and O–H groups in total. The maximum Gasteiger partial charge on any atom is 0.333 e. The molecule has 6 atom stereocenters. The molecule has 1 fully saturated rings. The Labute approximate surface area is 149 Å². The molecule has 0 aromatic rings. The van der Waals surface area contributed by atoms with E-state index in [9.17, 15) is 14.7 Å². The molecule has 2 aliphatic carbocycles. The van der Waals surface area contributed by atoms with Crippen LogP contribution in [0.4, 0.5) is 0 Å². The molecule has 25 heavy (non-hydrogen) atoms. The zero-order valence-corrected chi connectivity index (χ0v) is 15.7. The molecule has 1 heterocycles. The number of hydrogen-bond donors (Lipinski definition) is 1. The molecule has 0 radical (unpaired) electrons. The topological polar surface area (TPSA) is 72.8 Å². The first kappa shape index (κ1) is 18.2. The molecule has 1 saturated carbocycles. The van der Waals surface area contributed by atoms with Gasteiger partial charge in [-0.25, -0.2) is 4.79 Å². The molecular weight excluding hydrogens is 320 g/mol. The molecule has 0 aromatic carbocycles. The number of ether oxygens (including phenoxy) is 2. The summed E-state index contributed by atoms with van der Waals surface area (Å²) in [7, 11) is 0. The lowest BCUT2D eigenvalue weighted by molar-refractivity contribution is -0.164. The van der Waals surface area contributed by atoms with Crippen molar-refractivity contribution in [1.29, 1.82) is 0 Å². The highest BCUT2D eigenvalue weighted by molar-refractivity contribution is 5.87. The van der Waals surface area contributed by atoms with Crippen LogP contribution in [0.25, 0.3) is 0 Å². The largest absolute Gasteiger partial charge is 0.459 e. The Morgan fingerprint density at radius 3 is 2.68 bits per heavy atom. The van der Waals surface area contributed by atoms with Crippen molar-refractivity contribution in [2.45, 2.75) is 66.1 Å². The van der Waals surface area contributed by atoms with Crippen LogP contribution in [-0.4, -0.2) is 29.3 Å². The van der Waals surface area contributed by atoms with Crippen LogP contribution in [-0.2, 0) is 19.1 Å². The average molecular weight is 348 g/mol. The van der Waals surface area contributed by atoms with Gasteiger partial charge in [-0.2, -0.15) is 0 Å². The van der Waals surface area contributed by atoms with Crippen LogP contribution in [0.1, 0.15) is 53.9 Å². The molecule has 1 aliphatic heterocycles. The molecule has 138 valence electrons. The van der Waals surface area contributed by atoms with Gasteiger partial charge in [0.2, 0.25) is 0 Å². The molecule has 0 amide bonds. The molecule has 0 aromatic heterocycles. The number of esters is 2. The summed E-state index contributed by atoms with van der Waals surface area (Å²) >= 11 is 0. The van der Waals surface area contributed by atoms with E-state index in [-0.39, 0.29) is 29.9 Å². The summed E-state index contributed by atoms with van der Waals surface area (Å²) in [6, 6.07) is 0. The van der Waals surface area contributed by atoms with Gasteiger partial charge in [0.05, 0.1) is 12.0 Å². The smallest absolute Gasteiger partial charge is 0.333 e. The molecule has 0 unspecified atom stereocenters. The fourth-order valence-electron chi connectivity index (χ4n) is 4.75. The third-order valence-corrected chi connectivity index (χ3v) is 6.91. The number of hydrogen-bond acceptors (Lipinski definition) is 5. The van der Waals surface area contributed by atoms with Crippen LogP contribution < -0.4 is 0 Å². The monoisotopic (exact) mass is 348 g/mol. The van der Waals surface area contributed by atoms with Crippen molar-refractivity contribution in [3.05, 3.63) is 23.0 Å². The van der Waals surface area contributed by atoms with Crippen molar-refractivity contribution >= 4 is 11.9 Å². The maximum atomic E-state index is 12.2. The lowest BCUT2D eigenvalue weighted by Crippen LogP contribution is -2.55. The Hall–Kier alpha value is -1.62. The van der Waals surface area contributed by atoms with Crippen LogP contribution in [0.3, 0.4) is 0 Å². The normalized spacial score (nSPS) is 41.1. The van der Waals surface area contributed by atoms with Gasteiger partial charge in [0.15, 0.2) is 0 Å². The maximum absolute atomic E-state index is 12.2. The first-order chi connectivity index (χ1) is 11.7. The van der Waals surface area contributed by atoms with Crippen LogP contribution in [0, 0.1) is 23.2 Å². The summed E-state index contributed by atoms with van der Waals surface area (Å²) in [5, 5.41) is 11.2. The second-order valence-corrected chi connectivity index (χ2v) is 7.97. The van der Waals surface area contributed by atoms with Crippen molar-refractivity contribution in [3.8, 4) is 0 Å². The van der Waals surface area contributed by atoms with E-state index in [2.05, 4.69) is 6.92 Å². The highest BCUT2D eigenvalue weighted by atomic mass is 16.5. The van der Waals surface area contributed by atoms with E-state index in [0.717, 1.165) is 18.4 Å². The van der Waals surface area contributed by atoms with E-state index in [1.54, 1.807) is 19.9 Å². The predicted octanol–water partition coefficient (Wildman–Crippen LogP) is 3.13. The molecule has 3 rings (SSSR count). The molecule has 5 nitrogen and oxygen atoms in total. The third kappa shape index (κ3) is 2.64. The van der Waals surface area contributed by atoms with Crippen molar-refractivity contribution in [3.63, 3.8) is 0 Å². The minimum absolute atomic E-state index is 0.00759. The molecule has 5 heteroatoms. The Bertz CT molecular complexity index is 661. The van der Waals surface area contributed by atoms with Crippen LogP contribution in [0.5, 0.6) is 0 Å². The van der Waals surface area contributed by atoms with Crippen molar-refractivity contribution < 1.29 is 24.2 Å². The summed E-state index contributed by atoms with van der Waals surface area (Å²) < 4.78 is 11.1. The molecule has 3 aliphatic rings. The van der Waals surface area contributed by atoms with Gasteiger partial charge in [0, 0.05) is 28.9 Å². The summed E-state index contributed by atoms with van der Waals surface area (Å²) in [6.07, 6.45) is 3.06. The number of fused-ring (bicyclic) bond motifs is 1.